The smallest absolute Gasteiger partial charge is 0.267 e. The van der Waals surface area contributed by atoms with Crippen LogP contribution in [0.25, 0.3) is 27.4 Å². The number of imidazole rings is 1. The molecule has 1 aromatic carbocycles. The standard InChI is InChI=1S/C12H8N4O3S2/c13-21(17,18)12-15-16-8(6-14-11(16)20-12)10-5-7-3-1-2-4-9(7)19-10/h1-6H,(H2,13,17,18). The zero-order valence-corrected chi connectivity index (χ0v) is 12.1. The molecule has 0 saturated carbocycles. The van der Waals surface area contributed by atoms with Gasteiger partial charge < -0.3 is 4.42 Å². The van der Waals surface area contributed by atoms with E-state index in [1.165, 1.54) is 4.52 Å². The summed E-state index contributed by atoms with van der Waals surface area (Å²) in [6.07, 6.45) is 1.59. The topological polar surface area (TPSA) is 103 Å². The van der Waals surface area contributed by atoms with Crippen molar-refractivity contribution in [3.8, 4) is 11.5 Å². The maximum absolute atomic E-state index is 11.4. The summed E-state index contributed by atoms with van der Waals surface area (Å²) in [7, 11) is -3.84. The molecule has 7 nitrogen and oxygen atoms in total. The van der Waals surface area contributed by atoms with Gasteiger partial charge in [-0.05, 0) is 12.1 Å². The second-order valence-electron chi connectivity index (χ2n) is 4.40. The minimum Gasteiger partial charge on any atom is -0.454 e. The highest BCUT2D eigenvalue weighted by Crippen LogP contribution is 2.29. The first kappa shape index (κ1) is 12.5. The van der Waals surface area contributed by atoms with E-state index in [0.717, 1.165) is 22.3 Å². The van der Waals surface area contributed by atoms with E-state index in [1.54, 1.807) is 6.20 Å². The molecule has 3 aromatic heterocycles. The van der Waals surface area contributed by atoms with Crippen molar-refractivity contribution in [1.29, 1.82) is 0 Å². The first-order valence-corrected chi connectivity index (χ1v) is 8.25. The fraction of sp³-hybridized carbons (Fsp3) is 0. The molecular weight excluding hydrogens is 312 g/mol. The number of para-hydroxylation sites is 1. The van der Waals surface area contributed by atoms with Gasteiger partial charge in [-0.3, -0.25) is 0 Å². The lowest BCUT2D eigenvalue weighted by Crippen LogP contribution is -2.12. The fourth-order valence-electron chi connectivity index (χ4n) is 2.07. The molecule has 21 heavy (non-hydrogen) atoms. The first-order chi connectivity index (χ1) is 10.0. The number of rotatable bonds is 2. The van der Waals surface area contributed by atoms with Gasteiger partial charge in [-0.2, -0.15) is 4.52 Å². The van der Waals surface area contributed by atoms with Gasteiger partial charge in [-0.1, -0.05) is 29.5 Å². The van der Waals surface area contributed by atoms with E-state index in [4.69, 9.17) is 9.56 Å². The Morgan fingerprint density at radius 2 is 2.10 bits per heavy atom. The fourth-order valence-corrected chi connectivity index (χ4v) is 3.56. The van der Waals surface area contributed by atoms with E-state index in [2.05, 4.69) is 10.1 Å². The lowest BCUT2D eigenvalue weighted by Gasteiger charge is -1.92. The van der Waals surface area contributed by atoms with Gasteiger partial charge in [0.1, 0.15) is 11.3 Å². The Morgan fingerprint density at radius 1 is 1.29 bits per heavy atom. The van der Waals surface area contributed by atoms with E-state index >= 15 is 0 Å². The number of hydrogen-bond donors (Lipinski definition) is 1. The van der Waals surface area contributed by atoms with Crippen LogP contribution in [0.15, 0.2) is 45.3 Å². The number of fused-ring (bicyclic) bond motifs is 2. The molecule has 0 radical (unpaired) electrons. The highest BCUT2D eigenvalue weighted by Gasteiger charge is 2.19. The summed E-state index contributed by atoms with van der Waals surface area (Å²) in [6.45, 7) is 0. The van der Waals surface area contributed by atoms with Crippen molar-refractivity contribution in [3.63, 3.8) is 0 Å². The molecule has 4 rings (SSSR count). The van der Waals surface area contributed by atoms with E-state index in [9.17, 15) is 8.42 Å². The van der Waals surface area contributed by atoms with E-state index in [0.29, 0.717) is 16.4 Å². The minimum atomic E-state index is -3.84. The Bertz CT molecular complexity index is 1040. The summed E-state index contributed by atoms with van der Waals surface area (Å²) >= 11 is 0.913. The van der Waals surface area contributed by atoms with E-state index in [-0.39, 0.29) is 4.34 Å². The number of furan rings is 1. The Labute approximate surface area is 122 Å². The monoisotopic (exact) mass is 320 g/mol. The van der Waals surface area contributed by atoms with Crippen LogP contribution in [0.4, 0.5) is 0 Å². The summed E-state index contributed by atoms with van der Waals surface area (Å²) in [6, 6.07) is 9.43. The normalized spacial score (nSPS) is 12.4. The molecular formula is C12H8N4O3S2. The molecule has 0 atom stereocenters. The molecule has 0 fully saturated rings. The molecule has 4 aromatic rings. The number of sulfonamides is 1. The Hall–Kier alpha value is -2.23. The number of hydrogen-bond acceptors (Lipinski definition) is 6. The lowest BCUT2D eigenvalue weighted by atomic mass is 10.2. The number of benzene rings is 1. The molecule has 0 aliphatic carbocycles. The molecule has 0 unspecified atom stereocenters. The quantitative estimate of drug-likeness (QED) is 0.607. The van der Waals surface area contributed by atoms with Gasteiger partial charge in [0.2, 0.25) is 9.30 Å². The Morgan fingerprint density at radius 3 is 2.86 bits per heavy atom. The van der Waals surface area contributed by atoms with E-state index in [1.807, 2.05) is 30.3 Å². The third-order valence-electron chi connectivity index (χ3n) is 2.99. The van der Waals surface area contributed by atoms with Crippen LogP contribution in [0, 0.1) is 0 Å². The third-order valence-corrected chi connectivity index (χ3v) is 5.22. The van der Waals surface area contributed by atoms with Crippen molar-refractivity contribution < 1.29 is 12.8 Å². The first-order valence-electron chi connectivity index (χ1n) is 5.89. The molecule has 0 saturated heterocycles. The number of primary sulfonamides is 1. The van der Waals surface area contributed by atoms with Crippen molar-refractivity contribution in [2.75, 3.05) is 0 Å². The molecule has 3 heterocycles. The molecule has 0 aliphatic heterocycles. The number of aromatic nitrogens is 3. The largest absolute Gasteiger partial charge is 0.454 e. The van der Waals surface area contributed by atoms with Crippen LogP contribution in [0.1, 0.15) is 0 Å². The maximum Gasteiger partial charge on any atom is 0.267 e. The maximum atomic E-state index is 11.4. The van der Waals surface area contributed by atoms with Gasteiger partial charge in [-0.15, -0.1) is 5.10 Å². The summed E-state index contributed by atoms with van der Waals surface area (Å²) < 4.78 is 29.7. The zero-order chi connectivity index (χ0) is 14.6. The molecule has 0 amide bonds. The zero-order valence-electron chi connectivity index (χ0n) is 10.4. The predicted molar refractivity (Wildman–Crippen MR) is 77.4 cm³/mol. The molecule has 0 aliphatic rings. The number of nitrogens with two attached hydrogens (primary N) is 1. The van der Waals surface area contributed by atoms with Gasteiger partial charge in [0.05, 0.1) is 6.20 Å². The van der Waals surface area contributed by atoms with Gasteiger partial charge in [0.25, 0.3) is 10.0 Å². The van der Waals surface area contributed by atoms with Crippen molar-refractivity contribution >= 4 is 37.3 Å². The van der Waals surface area contributed by atoms with Crippen molar-refractivity contribution in [2.24, 2.45) is 5.14 Å². The summed E-state index contributed by atoms with van der Waals surface area (Å²) in [5.41, 5.74) is 1.32. The second-order valence-corrected chi connectivity index (χ2v) is 7.09. The van der Waals surface area contributed by atoms with Crippen LogP contribution in [-0.2, 0) is 10.0 Å². The third kappa shape index (κ3) is 1.94. The van der Waals surface area contributed by atoms with Crippen LogP contribution in [-0.4, -0.2) is 23.0 Å². The number of nitrogens with zero attached hydrogens (tertiary/aromatic N) is 3. The SMILES string of the molecule is NS(=O)(=O)c1nn2c(-c3cc4ccccc4o3)cnc2s1. The molecule has 106 valence electrons. The Kier molecular flexibility index (Phi) is 2.46. The molecule has 0 bridgehead atoms. The van der Waals surface area contributed by atoms with Crippen LogP contribution < -0.4 is 5.14 Å². The average molecular weight is 320 g/mol. The van der Waals surface area contributed by atoms with Gasteiger partial charge >= 0.3 is 0 Å². The summed E-state index contributed by atoms with van der Waals surface area (Å²) in [5.74, 6) is 0.565. The summed E-state index contributed by atoms with van der Waals surface area (Å²) in [4.78, 5) is 4.58. The van der Waals surface area contributed by atoms with Gasteiger partial charge in [-0.25, -0.2) is 18.5 Å². The lowest BCUT2D eigenvalue weighted by molar-refractivity contribution is 0.594. The molecule has 9 heteroatoms. The molecule has 0 spiro atoms. The highest BCUT2D eigenvalue weighted by molar-refractivity contribution is 7.91. The van der Waals surface area contributed by atoms with Crippen molar-refractivity contribution in [1.82, 2.24) is 14.6 Å². The van der Waals surface area contributed by atoms with Crippen LogP contribution in [0.2, 0.25) is 0 Å². The minimum absolute atomic E-state index is 0.178. The highest BCUT2D eigenvalue weighted by atomic mass is 32.2. The van der Waals surface area contributed by atoms with Crippen LogP contribution in [0.5, 0.6) is 0 Å². The Balaban J connectivity index is 1.95. The second kappa shape index (κ2) is 4.13. The van der Waals surface area contributed by atoms with Gasteiger partial charge in [0.15, 0.2) is 5.76 Å². The van der Waals surface area contributed by atoms with Crippen LogP contribution in [0.3, 0.4) is 0 Å². The predicted octanol–water partition coefficient (Wildman–Crippen LogP) is 1.85. The van der Waals surface area contributed by atoms with Gasteiger partial charge in [0, 0.05) is 5.39 Å². The van der Waals surface area contributed by atoms with Crippen molar-refractivity contribution in [2.45, 2.75) is 4.34 Å². The van der Waals surface area contributed by atoms with Crippen LogP contribution >= 0.6 is 11.3 Å². The summed E-state index contributed by atoms with van der Waals surface area (Å²) in [5, 5.41) is 10.0. The molecule has 2 N–H and O–H groups in total. The average Bonchev–Trinajstić information content (AvgIpc) is 3.10. The van der Waals surface area contributed by atoms with Crippen molar-refractivity contribution in [3.05, 3.63) is 36.5 Å². The van der Waals surface area contributed by atoms with E-state index < -0.39 is 10.0 Å².